The highest BCUT2D eigenvalue weighted by Crippen LogP contribution is 1.99. The Morgan fingerprint density at radius 3 is 2.28 bits per heavy atom. The molecule has 18 heavy (non-hydrogen) atoms. The number of carbonyl (C=O) groups is 1. The van der Waals surface area contributed by atoms with Crippen LogP contribution < -0.4 is 0 Å². The molecule has 0 radical (unpaired) electrons. The van der Waals surface area contributed by atoms with Gasteiger partial charge in [-0.05, 0) is 25.2 Å². The Balaban J connectivity index is 3.09. The van der Waals surface area contributed by atoms with Crippen molar-refractivity contribution < 1.29 is 19.0 Å². The van der Waals surface area contributed by atoms with Gasteiger partial charge in [0.15, 0.2) is 0 Å². The molecule has 0 aromatic heterocycles. The number of rotatable bonds is 12. The van der Waals surface area contributed by atoms with Crippen LogP contribution in [0.2, 0.25) is 0 Å². The number of ether oxygens (including phenoxy) is 3. The molecule has 0 rings (SSSR count). The highest BCUT2D eigenvalue weighted by molar-refractivity contribution is 5.69. The van der Waals surface area contributed by atoms with Gasteiger partial charge in [0, 0.05) is 19.6 Å². The third kappa shape index (κ3) is 13.5. The fourth-order valence-electron chi connectivity index (χ4n) is 1.25. The molecule has 0 atom stereocenters. The van der Waals surface area contributed by atoms with Gasteiger partial charge < -0.3 is 14.2 Å². The van der Waals surface area contributed by atoms with Crippen molar-refractivity contribution in [1.82, 2.24) is 0 Å². The van der Waals surface area contributed by atoms with Crippen molar-refractivity contribution in [3.05, 3.63) is 0 Å². The van der Waals surface area contributed by atoms with Gasteiger partial charge in [-0.15, -0.1) is 0 Å². The Morgan fingerprint density at radius 1 is 1.00 bits per heavy atom. The highest BCUT2D eigenvalue weighted by Gasteiger charge is 2.01. The smallest absolute Gasteiger partial charge is 0.305 e. The first-order valence-corrected chi connectivity index (χ1v) is 6.98. The van der Waals surface area contributed by atoms with E-state index in [1.54, 1.807) is 0 Å². The summed E-state index contributed by atoms with van der Waals surface area (Å²) in [5.41, 5.74) is 0. The van der Waals surface area contributed by atoms with Crippen LogP contribution >= 0.6 is 0 Å². The predicted octanol–water partition coefficient (Wildman–Crippen LogP) is 2.80. The Morgan fingerprint density at radius 2 is 1.67 bits per heavy atom. The van der Waals surface area contributed by atoms with Crippen molar-refractivity contribution >= 4 is 5.97 Å². The quantitative estimate of drug-likeness (QED) is 0.400. The Labute approximate surface area is 111 Å². The first kappa shape index (κ1) is 17.4. The summed E-state index contributed by atoms with van der Waals surface area (Å²) in [6.07, 6.45) is 3.11. The molecule has 4 heteroatoms. The van der Waals surface area contributed by atoms with Crippen LogP contribution in [-0.2, 0) is 19.0 Å². The Hall–Kier alpha value is -0.610. The molecule has 0 bridgehead atoms. The zero-order valence-electron chi connectivity index (χ0n) is 12.1. The summed E-state index contributed by atoms with van der Waals surface area (Å²) in [4.78, 5) is 11.1. The second-order valence-electron chi connectivity index (χ2n) is 4.73. The molecule has 108 valence electrons. The number of esters is 1. The SMILES string of the molecule is CCCOC(=O)CCCOCCOCCC(C)C. The first-order valence-electron chi connectivity index (χ1n) is 6.98. The second kappa shape index (κ2) is 12.8. The van der Waals surface area contributed by atoms with Gasteiger partial charge in [-0.1, -0.05) is 20.8 Å². The number of hydrogen-bond acceptors (Lipinski definition) is 4. The van der Waals surface area contributed by atoms with Crippen molar-refractivity contribution in [3.63, 3.8) is 0 Å². The summed E-state index contributed by atoms with van der Waals surface area (Å²) in [6, 6.07) is 0. The van der Waals surface area contributed by atoms with Crippen molar-refractivity contribution in [2.24, 2.45) is 5.92 Å². The molecule has 0 fully saturated rings. The van der Waals surface area contributed by atoms with Crippen LogP contribution in [0.25, 0.3) is 0 Å². The molecular weight excluding hydrogens is 232 g/mol. The molecule has 0 aromatic rings. The summed E-state index contributed by atoms with van der Waals surface area (Å²) < 4.78 is 15.7. The van der Waals surface area contributed by atoms with E-state index in [2.05, 4.69) is 13.8 Å². The minimum Gasteiger partial charge on any atom is -0.466 e. The molecule has 4 nitrogen and oxygen atoms in total. The standard InChI is InChI=1S/C14H28O4/c1-4-8-18-14(15)6-5-9-16-11-12-17-10-7-13(2)3/h13H,4-12H2,1-3H3. The second-order valence-corrected chi connectivity index (χ2v) is 4.73. The highest BCUT2D eigenvalue weighted by atomic mass is 16.5. The van der Waals surface area contributed by atoms with E-state index in [9.17, 15) is 4.79 Å². The minimum atomic E-state index is -0.131. The molecule has 0 aliphatic rings. The summed E-state index contributed by atoms with van der Waals surface area (Å²) in [7, 11) is 0. The van der Waals surface area contributed by atoms with Crippen LogP contribution in [-0.4, -0.2) is 39.0 Å². The monoisotopic (exact) mass is 260 g/mol. The summed E-state index contributed by atoms with van der Waals surface area (Å²) >= 11 is 0. The molecule has 0 saturated heterocycles. The lowest BCUT2D eigenvalue weighted by atomic mass is 10.1. The Bertz CT molecular complexity index is 192. The van der Waals surface area contributed by atoms with Crippen molar-refractivity contribution in [2.45, 2.75) is 46.5 Å². The van der Waals surface area contributed by atoms with Gasteiger partial charge in [0.05, 0.1) is 19.8 Å². The molecule has 0 unspecified atom stereocenters. The third-order valence-corrected chi connectivity index (χ3v) is 2.35. The van der Waals surface area contributed by atoms with E-state index in [1.807, 2.05) is 6.92 Å². The average molecular weight is 260 g/mol. The van der Waals surface area contributed by atoms with E-state index in [1.165, 1.54) is 0 Å². The maximum absolute atomic E-state index is 11.1. The van der Waals surface area contributed by atoms with Crippen molar-refractivity contribution in [3.8, 4) is 0 Å². The average Bonchev–Trinajstić information content (AvgIpc) is 2.34. The van der Waals surface area contributed by atoms with Crippen LogP contribution in [0.5, 0.6) is 0 Å². The van der Waals surface area contributed by atoms with Crippen molar-refractivity contribution in [2.75, 3.05) is 33.0 Å². The van der Waals surface area contributed by atoms with Crippen molar-refractivity contribution in [1.29, 1.82) is 0 Å². The van der Waals surface area contributed by atoms with Crippen LogP contribution in [0.1, 0.15) is 46.5 Å². The lowest BCUT2D eigenvalue weighted by Gasteiger charge is -2.07. The normalized spacial score (nSPS) is 10.9. The van der Waals surface area contributed by atoms with Gasteiger partial charge in [-0.2, -0.15) is 0 Å². The first-order chi connectivity index (χ1) is 8.66. The molecule has 0 heterocycles. The molecule has 0 aromatic carbocycles. The maximum atomic E-state index is 11.1. The van der Waals surface area contributed by atoms with Crippen LogP contribution in [0.4, 0.5) is 0 Å². The molecule has 0 aliphatic carbocycles. The van der Waals surface area contributed by atoms with Crippen LogP contribution in [0.15, 0.2) is 0 Å². The number of hydrogen-bond donors (Lipinski definition) is 0. The molecule has 0 aliphatic heterocycles. The maximum Gasteiger partial charge on any atom is 0.305 e. The van der Waals surface area contributed by atoms with Gasteiger partial charge in [0.25, 0.3) is 0 Å². The Kier molecular flexibility index (Phi) is 12.4. The summed E-state index contributed by atoms with van der Waals surface area (Å²) in [6.45, 7) is 9.47. The van der Waals surface area contributed by atoms with Gasteiger partial charge in [0.2, 0.25) is 0 Å². The largest absolute Gasteiger partial charge is 0.466 e. The molecule has 0 spiro atoms. The summed E-state index contributed by atoms with van der Waals surface area (Å²) in [5, 5.41) is 0. The van der Waals surface area contributed by atoms with Crippen LogP contribution in [0.3, 0.4) is 0 Å². The topological polar surface area (TPSA) is 44.8 Å². The lowest BCUT2D eigenvalue weighted by molar-refractivity contribution is -0.144. The van der Waals surface area contributed by atoms with E-state index in [0.717, 1.165) is 19.4 Å². The van der Waals surface area contributed by atoms with Gasteiger partial charge in [-0.3, -0.25) is 4.79 Å². The van der Waals surface area contributed by atoms with E-state index in [4.69, 9.17) is 14.2 Å². The number of carbonyl (C=O) groups excluding carboxylic acids is 1. The fraction of sp³-hybridized carbons (Fsp3) is 0.929. The molecule has 0 saturated carbocycles. The molecular formula is C14H28O4. The van der Waals surface area contributed by atoms with Gasteiger partial charge >= 0.3 is 5.97 Å². The van der Waals surface area contributed by atoms with E-state index >= 15 is 0 Å². The van der Waals surface area contributed by atoms with Gasteiger partial charge in [0.1, 0.15) is 0 Å². The predicted molar refractivity (Wildman–Crippen MR) is 71.6 cm³/mol. The van der Waals surface area contributed by atoms with E-state index in [-0.39, 0.29) is 5.97 Å². The van der Waals surface area contributed by atoms with Crippen LogP contribution in [0, 0.1) is 5.92 Å². The zero-order chi connectivity index (χ0) is 13.6. The minimum absolute atomic E-state index is 0.131. The summed E-state index contributed by atoms with van der Waals surface area (Å²) in [5.74, 6) is 0.550. The lowest BCUT2D eigenvalue weighted by Crippen LogP contribution is -2.09. The third-order valence-electron chi connectivity index (χ3n) is 2.35. The molecule has 0 amide bonds. The zero-order valence-corrected chi connectivity index (χ0v) is 12.1. The van der Waals surface area contributed by atoms with E-state index in [0.29, 0.717) is 45.2 Å². The molecule has 0 N–H and O–H groups in total. The van der Waals surface area contributed by atoms with Gasteiger partial charge in [-0.25, -0.2) is 0 Å². The van der Waals surface area contributed by atoms with E-state index < -0.39 is 0 Å². The fourth-order valence-corrected chi connectivity index (χ4v) is 1.25.